The average molecular weight is 455 g/mol. The molecular formula is C21H22ClF3N4O2. The highest BCUT2D eigenvalue weighted by atomic mass is 35.5. The number of nitrogens with two attached hydrogens (primary N) is 1. The molecule has 0 aliphatic carbocycles. The third-order valence-electron chi connectivity index (χ3n) is 5.50. The summed E-state index contributed by atoms with van der Waals surface area (Å²) in [6, 6.07) is 9.10. The Hall–Kier alpha value is -2.81. The Kier molecular flexibility index (Phi) is 6.18. The summed E-state index contributed by atoms with van der Waals surface area (Å²) < 4.78 is 41.3. The van der Waals surface area contributed by atoms with E-state index in [2.05, 4.69) is 10.3 Å². The van der Waals surface area contributed by atoms with Gasteiger partial charge in [-0.3, -0.25) is 9.59 Å². The molecule has 3 atom stereocenters. The van der Waals surface area contributed by atoms with Crippen molar-refractivity contribution in [3.63, 3.8) is 0 Å². The number of hydrogen-bond donors (Lipinski definition) is 2. The van der Waals surface area contributed by atoms with Crippen molar-refractivity contribution in [2.45, 2.75) is 37.9 Å². The van der Waals surface area contributed by atoms with E-state index in [0.717, 1.165) is 11.8 Å². The molecule has 0 radical (unpaired) electrons. The highest BCUT2D eigenvalue weighted by Crippen LogP contribution is 2.50. The second-order valence-corrected chi connectivity index (χ2v) is 8.51. The number of pyridine rings is 1. The van der Waals surface area contributed by atoms with Crippen molar-refractivity contribution in [1.82, 2.24) is 9.88 Å². The zero-order valence-corrected chi connectivity index (χ0v) is 17.7. The Bertz CT molecular complexity index is 986. The van der Waals surface area contributed by atoms with E-state index in [1.54, 1.807) is 37.3 Å². The number of nitrogens with one attached hydrogen (secondary N) is 1. The van der Waals surface area contributed by atoms with Crippen LogP contribution in [0.1, 0.15) is 30.5 Å². The number of halogens is 4. The molecule has 31 heavy (non-hydrogen) atoms. The normalized spacial score (nSPS) is 24.0. The lowest BCUT2D eigenvalue weighted by molar-refractivity contribution is -0.235. The first-order valence-corrected chi connectivity index (χ1v) is 9.96. The quantitative estimate of drug-likeness (QED) is 0.529. The van der Waals surface area contributed by atoms with E-state index in [0.29, 0.717) is 11.1 Å². The molecule has 1 aliphatic heterocycles. The maximum absolute atomic E-state index is 13.8. The minimum absolute atomic E-state index is 0.208. The lowest BCUT2D eigenvalue weighted by Crippen LogP contribution is -2.58. The summed E-state index contributed by atoms with van der Waals surface area (Å²) in [7, 11) is 0. The number of nitrogen functional groups attached to an aromatic ring is 1. The maximum atomic E-state index is 13.8. The first-order valence-electron chi connectivity index (χ1n) is 9.53. The number of rotatable bonds is 2. The van der Waals surface area contributed by atoms with E-state index in [4.69, 9.17) is 17.3 Å². The first kappa shape index (κ1) is 22.9. The zero-order chi connectivity index (χ0) is 23.0. The van der Waals surface area contributed by atoms with E-state index in [9.17, 15) is 22.8 Å². The lowest BCUT2D eigenvalue weighted by atomic mass is 9.77. The molecule has 1 aromatic carbocycles. The van der Waals surface area contributed by atoms with Crippen molar-refractivity contribution in [2.75, 3.05) is 17.6 Å². The van der Waals surface area contributed by atoms with Crippen LogP contribution in [0.25, 0.3) is 0 Å². The SMILES string of the molecule is Cc1cc(NC(=O)C(=O)N2CC(C)(C(F)(F)F)CC(Cl)C2c2ccccc2)cnc1N. The van der Waals surface area contributed by atoms with Gasteiger partial charge in [-0.1, -0.05) is 30.3 Å². The van der Waals surface area contributed by atoms with Crippen molar-refractivity contribution < 1.29 is 22.8 Å². The number of nitrogens with zero attached hydrogens (tertiary/aromatic N) is 2. The Morgan fingerprint density at radius 1 is 1.29 bits per heavy atom. The monoisotopic (exact) mass is 454 g/mol. The molecule has 10 heteroatoms. The molecule has 1 saturated heterocycles. The number of alkyl halides is 4. The third kappa shape index (κ3) is 4.61. The molecule has 3 N–H and O–H groups in total. The summed E-state index contributed by atoms with van der Waals surface area (Å²) in [6.45, 7) is 1.99. The van der Waals surface area contributed by atoms with Crippen LogP contribution in [-0.4, -0.2) is 39.8 Å². The topological polar surface area (TPSA) is 88.3 Å². The molecule has 6 nitrogen and oxygen atoms in total. The third-order valence-corrected chi connectivity index (χ3v) is 5.89. The van der Waals surface area contributed by atoms with Gasteiger partial charge in [0.15, 0.2) is 0 Å². The van der Waals surface area contributed by atoms with Crippen LogP contribution in [-0.2, 0) is 9.59 Å². The highest BCUT2D eigenvalue weighted by Gasteiger charge is 2.58. The van der Waals surface area contributed by atoms with Crippen molar-refractivity contribution >= 4 is 34.9 Å². The molecule has 0 bridgehead atoms. The van der Waals surface area contributed by atoms with E-state index in [-0.39, 0.29) is 17.9 Å². The van der Waals surface area contributed by atoms with E-state index in [1.165, 1.54) is 12.3 Å². The van der Waals surface area contributed by atoms with Gasteiger partial charge in [0.25, 0.3) is 0 Å². The van der Waals surface area contributed by atoms with Gasteiger partial charge in [0.05, 0.1) is 28.7 Å². The van der Waals surface area contributed by atoms with Crippen molar-refractivity contribution in [1.29, 1.82) is 0 Å². The molecule has 2 amide bonds. The molecule has 2 aromatic rings. The highest BCUT2D eigenvalue weighted by molar-refractivity contribution is 6.39. The average Bonchev–Trinajstić information content (AvgIpc) is 2.69. The van der Waals surface area contributed by atoms with Crippen LogP contribution in [0.3, 0.4) is 0 Å². The van der Waals surface area contributed by atoms with Gasteiger partial charge in [-0.15, -0.1) is 11.6 Å². The Morgan fingerprint density at radius 2 is 1.94 bits per heavy atom. The van der Waals surface area contributed by atoms with Crippen LogP contribution in [0.5, 0.6) is 0 Å². The van der Waals surface area contributed by atoms with Gasteiger partial charge in [-0.2, -0.15) is 13.2 Å². The fourth-order valence-corrected chi connectivity index (χ4v) is 4.31. The number of likely N-dealkylation sites (tertiary alicyclic amines) is 1. The van der Waals surface area contributed by atoms with Crippen LogP contribution in [0, 0.1) is 12.3 Å². The van der Waals surface area contributed by atoms with E-state index in [1.807, 2.05) is 0 Å². The number of anilines is 2. The lowest BCUT2D eigenvalue weighted by Gasteiger charge is -2.48. The van der Waals surface area contributed by atoms with Crippen LogP contribution >= 0.6 is 11.6 Å². The summed E-state index contributed by atoms with van der Waals surface area (Å²) in [5.74, 6) is -1.93. The molecule has 0 spiro atoms. The molecule has 2 heterocycles. The largest absolute Gasteiger partial charge is 0.395 e. The second kappa shape index (κ2) is 8.37. The minimum atomic E-state index is -4.60. The molecule has 3 rings (SSSR count). The summed E-state index contributed by atoms with van der Waals surface area (Å²) >= 11 is 6.40. The zero-order valence-electron chi connectivity index (χ0n) is 16.9. The predicted molar refractivity (Wildman–Crippen MR) is 111 cm³/mol. The van der Waals surface area contributed by atoms with Gasteiger partial charge in [-0.25, -0.2) is 4.98 Å². The fraction of sp³-hybridized carbons (Fsp3) is 0.381. The second-order valence-electron chi connectivity index (χ2n) is 7.95. The van der Waals surface area contributed by atoms with Gasteiger partial charge in [0.2, 0.25) is 0 Å². The molecule has 1 aliphatic rings. The number of carbonyl (C=O) groups is 2. The van der Waals surface area contributed by atoms with Gasteiger partial charge in [0, 0.05) is 6.54 Å². The molecule has 0 saturated carbocycles. The first-order chi connectivity index (χ1) is 14.4. The summed E-state index contributed by atoms with van der Waals surface area (Å²) in [5, 5.41) is 1.35. The number of benzene rings is 1. The number of piperidine rings is 1. The van der Waals surface area contributed by atoms with Crippen LogP contribution in [0.4, 0.5) is 24.7 Å². The summed E-state index contributed by atoms with van der Waals surface area (Å²) in [6.07, 6.45) is -3.72. The van der Waals surface area contributed by atoms with E-state index >= 15 is 0 Å². The van der Waals surface area contributed by atoms with Crippen LogP contribution in [0.2, 0.25) is 0 Å². The Labute approximate surface area is 182 Å². The Morgan fingerprint density at radius 3 is 2.52 bits per heavy atom. The van der Waals surface area contributed by atoms with Gasteiger partial charge in [-0.05, 0) is 37.5 Å². The van der Waals surface area contributed by atoms with E-state index < -0.39 is 41.4 Å². The van der Waals surface area contributed by atoms with Crippen molar-refractivity contribution in [3.05, 3.63) is 53.7 Å². The molecular weight excluding hydrogens is 433 g/mol. The van der Waals surface area contributed by atoms with Gasteiger partial charge >= 0.3 is 18.0 Å². The molecule has 1 aromatic heterocycles. The van der Waals surface area contributed by atoms with Crippen LogP contribution < -0.4 is 11.1 Å². The number of hydrogen-bond acceptors (Lipinski definition) is 4. The molecule has 166 valence electrons. The van der Waals surface area contributed by atoms with Gasteiger partial charge in [0.1, 0.15) is 5.82 Å². The van der Waals surface area contributed by atoms with Crippen LogP contribution in [0.15, 0.2) is 42.6 Å². The van der Waals surface area contributed by atoms with Crippen molar-refractivity contribution in [3.8, 4) is 0 Å². The number of aryl methyl sites for hydroxylation is 1. The Balaban J connectivity index is 1.94. The van der Waals surface area contributed by atoms with Crippen molar-refractivity contribution in [2.24, 2.45) is 5.41 Å². The number of amides is 2. The summed E-state index contributed by atoms with van der Waals surface area (Å²) in [5.41, 5.74) is 4.74. The summed E-state index contributed by atoms with van der Waals surface area (Å²) in [4.78, 5) is 30.5. The standard InChI is InChI=1S/C21H22ClF3N4O2/c1-12-8-14(10-27-17(12)26)28-18(30)19(31)29-11-20(2,21(23,24)25)9-15(22)16(29)13-6-4-3-5-7-13/h3-8,10,15-16H,9,11H2,1-2H3,(H2,26,27)(H,28,30). The molecule has 3 unspecified atom stereocenters. The predicted octanol–water partition coefficient (Wildman–Crippen LogP) is 4.06. The number of carbonyl (C=O) groups excluding carboxylic acids is 2. The fourth-order valence-electron chi connectivity index (χ4n) is 3.69. The smallest absolute Gasteiger partial charge is 0.383 e. The molecule has 1 fully saturated rings. The van der Waals surface area contributed by atoms with Gasteiger partial charge < -0.3 is 16.0 Å². The minimum Gasteiger partial charge on any atom is -0.383 e. The maximum Gasteiger partial charge on any atom is 0.395 e. The number of aromatic nitrogens is 1.